The molecular weight excluding hydrogens is 432 g/mol. The van der Waals surface area contributed by atoms with E-state index in [2.05, 4.69) is 15.2 Å². The highest BCUT2D eigenvalue weighted by molar-refractivity contribution is 7.17. The van der Waals surface area contributed by atoms with Gasteiger partial charge in [-0.05, 0) is 31.2 Å². The molecule has 2 fully saturated rings. The first kappa shape index (κ1) is 22.1. The molecule has 2 N–H and O–H groups in total. The lowest BCUT2D eigenvalue weighted by atomic mass is 9.94. The molecule has 2 aromatic heterocycles. The van der Waals surface area contributed by atoms with Crippen LogP contribution in [-0.2, 0) is 4.79 Å². The molecule has 0 bridgehead atoms. The normalized spacial score (nSPS) is 20.4. The van der Waals surface area contributed by atoms with E-state index in [-0.39, 0.29) is 17.4 Å². The third-order valence-electron chi connectivity index (χ3n) is 7.04. The van der Waals surface area contributed by atoms with Crippen LogP contribution in [0.5, 0.6) is 0 Å². The fourth-order valence-corrected chi connectivity index (χ4v) is 6.10. The van der Waals surface area contributed by atoms with Gasteiger partial charge in [0.1, 0.15) is 4.70 Å². The number of H-pyrrole nitrogens is 1. The maximum atomic E-state index is 13.1. The molecule has 6 nitrogen and oxygen atoms in total. The molecule has 1 aromatic carbocycles. The number of carbonyl (C=O) groups is 1. The Bertz CT molecular complexity index is 1150. The molecule has 2 aliphatic rings. The van der Waals surface area contributed by atoms with E-state index in [1.807, 2.05) is 35.7 Å². The van der Waals surface area contributed by atoms with Crippen molar-refractivity contribution in [2.24, 2.45) is 5.92 Å². The number of anilines is 1. The van der Waals surface area contributed by atoms with Crippen LogP contribution in [0.4, 0.5) is 5.95 Å². The van der Waals surface area contributed by atoms with E-state index >= 15 is 0 Å². The molecule has 0 spiro atoms. The zero-order chi connectivity index (χ0) is 22.6. The van der Waals surface area contributed by atoms with Gasteiger partial charge in [0.15, 0.2) is 0 Å². The maximum absolute atomic E-state index is 13.1. The second-order valence-corrected chi connectivity index (χ2v) is 10.3. The van der Waals surface area contributed by atoms with Crippen molar-refractivity contribution in [1.29, 1.82) is 0 Å². The predicted octanol–water partition coefficient (Wildman–Crippen LogP) is 5.10. The topological polar surface area (TPSA) is 78.1 Å². The molecule has 3 heterocycles. The summed E-state index contributed by atoms with van der Waals surface area (Å²) in [5.41, 5.74) is 2.68. The molecule has 1 aliphatic carbocycles. The van der Waals surface area contributed by atoms with Gasteiger partial charge < -0.3 is 10.2 Å². The van der Waals surface area contributed by atoms with Gasteiger partial charge in [-0.3, -0.25) is 14.6 Å². The van der Waals surface area contributed by atoms with E-state index in [4.69, 9.17) is 4.98 Å². The summed E-state index contributed by atoms with van der Waals surface area (Å²) in [7, 11) is 0. The second kappa shape index (κ2) is 10.1. The number of nitrogens with zero attached hydrogens (tertiary/aromatic N) is 2. The molecule has 33 heavy (non-hydrogen) atoms. The summed E-state index contributed by atoms with van der Waals surface area (Å²) in [6, 6.07) is 10.4. The number of aromatic amines is 1. The lowest BCUT2D eigenvalue weighted by Crippen LogP contribution is -2.46. The number of rotatable bonds is 4. The summed E-state index contributed by atoms with van der Waals surface area (Å²) < 4.78 is 0.646. The van der Waals surface area contributed by atoms with Gasteiger partial charge >= 0.3 is 0 Å². The number of thiophene rings is 1. The van der Waals surface area contributed by atoms with Gasteiger partial charge in [-0.2, -0.15) is 0 Å². The molecule has 0 radical (unpaired) electrons. The molecule has 174 valence electrons. The number of aromatic nitrogens is 2. The Hall–Kier alpha value is -2.67. The fraction of sp³-hybridized carbons (Fsp3) is 0.500. The minimum atomic E-state index is -0.108. The van der Waals surface area contributed by atoms with Crippen LogP contribution in [0.15, 0.2) is 40.5 Å². The Morgan fingerprint density at radius 2 is 1.79 bits per heavy atom. The number of carbonyl (C=O) groups excluding carboxylic acids is 1. The molecule has 1 saturated carbocycles. The summed E-state index contributed by atoms with van der Waals surface area (Å²) in [5.74, 6) is 0.669. The van der Waals surface area contributed by atoms with Crippen LogP contribution >= 0.6 is 11.3 Å². The molecule has 5 rings (SSSR count). The van der Waals surface area contributed by atoms with Crippen LogP contribution in [0, 0.1) is 5.92 Å². The molecule has 0 unspecified atom stereocenters. The smallest absolute Gasteiger partial charge is 0.270 e. The predicted molar refractivity (Wildman–Crippen MR) is 135 cm³/mol. The summed E-state index contributed by atoms with van der Waals surface area (Å²) in [6.07, 6.45) is 10.3. The van der Waals surface area contributed by atoms with Crippen molar-refractivity contribution in [2.75, 3.05) is 18.0 Å². The van der Waals surface area contributed by atoms with Crippen LogP contribution in [0.2, 0.25) is 0 Å². The molecule has 1 atom stereocenters. The van der Waals surface area contributed by atoms with E-state index in [9.17, 15) is 9.59 Å². The lowest BCUT2D eigenvalue weighted by molar-refractivity contribution is -0.126. The Kier molecular flexibility index (Phi) is 6.76. The van der Waals surface area contributed by atoms with E-state index < -0.39 is 0 Å². The Labute approximate surface area is 198 Å². The number of piperidine rings is 1. The SMILES string of the molecule is O=C(NC1CCCCCCC1)[C@@H]1CCCN(c2nc3c(-c4ccccc4)csc3c(=O)[nH]2)C1. The van der Waals surface area contributed by atoms with Gasteiger partial charge in [-0.15, -0.1) is 11.3 Å². The van der Waals surface area contributed by atoms with Crippen molar-refractivity contribution >= 4 is 33.4 Å². The first-order valence-corrected chi connectivity index (χ1v) is 13.2. The zero-order valence-electron chi connectivity index (χ0n) is 19.0. The summed E-state index contributed by atoms with van der Waals surface area (Å²) in [6.45, 7) is 1.39. The Morgan fingerprint density at radius 3 is 2.58 bits per heavy atom. The van der Waals surface area contributed by atoms with Crippen molar-refractivity contribution in [3.05, 3.63) is 46.1 Å². The largest absolute Gasteiger partial charge is 0.353 e. The third kappa shape index (κ3) is 4.98. The van der Waals surface area contributed by atoms with Crippen LogP contribution in [0.1, 0.15) is 57.8 Å². The third-order valence-corrected chi connectivity index (χ3v) is 8.01. The van der Waals surface area contributed by atoms with Crippen LogP contribution in [0.3, 0.4) is 0 Å². The molecule has 1 saturated heterocycles. The zero-order valence-corrected chi connectivity index (χ0v) is 19.8. The average Bonchev–Trinajstić information content (AvgIpc) is 3.26. The monoisotopic (exact) mass is 464 g/mol. The molecule has 1 amide bonds. The van der Waals surface area contributed by atoms with Crippen molar-refractivity contribution in [3.8, 4) is 11.1 Å². The highest BCUT2D eigenvalue weighted by atomic mass is 32.1. The lowest BCUT2D eigenvalue weighted by Gasteiger charge is -2.33. The first-order chi connectivity index (χ1) is 16.2. The number of amides is 1. The Morgan fingerprint density at radius 1 is 1.03 bits per heavy atom. The minimum absolute atomic E-state index is 0.0683. The van der Waals surface area contributed by atoms with E-state index in [1.165, 1.54) is 43.4 Å². The van der Waals surface area contributed by atoms with Gasteiger partial charge in [-0.25, -0.2) is 4.98 Å². The minimum Gasteiger partial charge on any atom is -0.353 e. The summed E-state index contributed by atoms with van der Waals surface area (Å²) in [4.78, 5) is 35.9. The van der Waals surface area contributed by atoms with E-state index in [0.717, 1.165) is 48.9 Å². The maximum Gasteiger partial charge on any atom is 0.270 e. The van der Waals surface area contributed by atoms with Gasteiger partial charge in [0.25, 0.3) is 5.56 Å². The highest BCUT2D eigenvalue weighted by Gasteiger charge is 2.29. The van der Waals surface area contributed by atoms with Gasteiger partial charge in [-0.1, -0.05) is 62.4 Å². The van der Waals surface area contributed by atoms with E-state index in [1.54, 1.807) is 0 Å². The second-order valence-electron chi connectivity index (χ2n) is 9.42. The quantitative estimate of drug-likeness (QED) is 0.563. The van der Waals surface area contributed by atoms with Gasteiger partial charge in [0.2, 0.25) is 11.9 Å². The van der Waals surface area contributed by atoms with Gasteiger partial charge in [0, 0.05) is 30.1 Å². The number of benzene rings is 1. The van der Waals surface area contributed by atoms with Crippen molar-refractivity contribution in [2.45, 2.75) is 63.8 Å². The first-order valence-electron chi connectivity index (χ1n) is 12.3. The van der Waals surface area contributed by atoms with Crippen LogP contribution < -0.4 is 15.8 Å². The van der Waals surface area contributed by atoms with Crippen molar-refractivity contribution in [1.82, 2.24) is 15.3 Å². The number of nitrogens with one attached hydrogen (secondary N) is 2. The van der Waals surface area contributed by atoms with Crippen LogP contribution in [0.25, 0.3) is 21.3 Å². The molecule has 1 aliphatic heterocycles. The summed E-state index contributed by atoms with van der Waals surface area (Å²) in [5, 5.41) is 5.35. The molecular formula is C26H32N4O2S. The van der Waals surface area contributed by atoms with E-state index in [0.29, 0.717) is 23.2 Å². The van der Waals surface area contributed by atoms with Crippen LogP contribution in [-0.4, -0.2) is 35.0 Å². The molecule has 7 heteroatoms. The Balaban J connectivity index is 1.34. The number of fused-ring (bicyclic) bond motifs is 1. The summed E-state index contributed by atoms with van der Waals surface area (Å²) >= 11 is 1.43. The van der Waals surface area contributed by atoms with Crippen molar-refractivity contribution < 1.29 is 4.79 Å². The molecule has 3 aromatic rings. The number of hydrogen-bond acceptors (Lipinski definition) is 5. The average molecular weight is 465 g/mol. The van der Waals surface area contributed by atoms with Crippen molar-refractivity contribution in [3.63, 3.8) is 0 Å². The van der Waals surface area contributed by atoms with Gasteiger partial charge in [0.05, 0.1) is 11.4 Å². The number of hydrogen-bond donors (Lipinski definition) is 2. The standard InChI is InChI=1S/C26H32N4O2S/c31-24(27-20-13-7-2-1-3-8-14-20)19-12-9-15-30(16-19)26-28-22-21(18-10-5-4-6-11-18)17-33-23(22)25(32)29-26/h4-6,10-11,17,19-20H,1-3,7-9,12-16H2,(H,27,31)(H,28,29,32)/t19-/m1/s1. The highest BCUT2D eigenvalue weighted by Crippen LogP contribution is 2.32. The fourth-order valence-electron chi connectivity index (χ4n) is 5.19.